The fourth-order valence-electron chi connectivity index (χ4n) is 1.45. The average Bonchev–Trinajstić information content (AvgIpc) is 2.76. The molecule has 0 saturated heterocycles. The van der Waals surface area contributed by atoms with Gasteiger partial charge in [0.25, 0.3) is 0 Å². The highest BCUT2D eigenvalue weighted by Crippen LogP contribution is 2.19. The van der Waals surface area contributed by atoms with Gasteiger partial charge >= 0.3 is 0 Å². The van der Waals surface area contributed by atoms with Gasteiger partial charge in [-0.1, -0.05) is 17.7 Å². The van der Waals surface area contributed by atoms with Crippen LogP contribution < -0.4 is 11.1 Å². The molecule has 0 bridgehead atoms. The first kappa shape index (κ1) is 11.0. The zero-order valence-electron chi connectivity index (χ0n) is 8.74. The summed E-state index contributed by atoms with van der Waals surface area (Å²) in [4.78, 5) is 0. The fraction of sp³-hybridized carbons (Fsp3) is 0.167. The van der Waals surface area contributed by atoms with E-state index in [2.05, 4.69) is 5.32 Å². The summed E-state index contributed by atoms with van der Waals surface area (Å²) in [5.74, 6) is 0.918. The fourth-order valence-corrected chi connectivity index (χ4v) is 1.56. The molecule has 0 saturated carbocycles. The van der Waals surface area contributed by atoms with Gasteiger partial charge in [0, 0.05) is 6.54 Å². The number of nitrogens with two attached hydrogens (primary N) is 1. The van der Waals surface area contributed by atoms with Gasteiger partial charge in [0.2, 0.25) is 0 Å². The van der Waals surface area contributed by atoms with Gasteiger partial charge in [-0.3, -0.25) is 0 Å². The van der Waals surface area contributed by atoms with E-state index in [-0.39, 0.29) is 0 Å². The van der Waals surface area contributed by atoms with E-state index in [1.807, 2.05) is 24.3 Å². The molecule has 4 heteroatoms. The van der Waals surface area contributed by atoms with Crippen LogP contribution in [0.5, 0.6) is 0 Å². The van der Waals surface area contributed by atoms with E-state index >= 15 is 0 Å². The molecule has 2 aromatic rings. The van der Waals surface area contributed by atoms with E-state index in [9.17, 15) is 0 Å². The number of anilines is 1. The second-order valence-electron chi connectivity index (χ2n) is 3.54. The highest BCUT2D eigenvalue weighted by molar-refractivity contribution is 6.33. The Morgan fingerprint density at radius 2 is 2.12 bits per heavy atom. The largest absolute Gasteiger partial charge is 0.468 e. The van der Waals surface area contributed by atoms with Crippen molar-refractivity contribution in [1.82, 2.24) is 5.32 Å². The average molecular weight is 237 g/mol. The standard InChI is InChI=1S/C12H13ClN2O/c13-11-4-3-9(6-12(11)14)7-15-8-10-2-1-5-16-10/h1-6,15H,7-8,14H2. The van der Waals surface area contributed by atoms with Crippen LogP contribution in [0.25, 0.3) is 0 Å². The Morgan fingerprint density at radius 3 is 2.81 bits per heavy atom. The van der Waals surface area contributed by atoms with Crippen molar-refractivity contribution < 1.29 is 4.42 Å². The van der Waals surface area contributed by atoms with Crippen molar-refractivity contribution in [3.8, 4) is 0 Å². The minimum absolute atomic E-state index is 0.592. The normalized spacial score (nSPS) is 10.6. The molecule has 2 rings (SSSR count). The molecule has 1 aromatic heterocycles. The van der Waals surface area contributed by atoms with Gasteiger partial charge in [-0.2, -0.15) is 0 Å². The Kier molecular flexibility index (Phi) is 3.49. The maximum atomic E-state index is 5.84. The van der Waals surface area contributed by atoms with E-state index in [1.165, 1.54) is 0 Å². The van der Waals surface area contributed by atoms with Crippen molar-refractivity contribution in [2.45, 2.75) is 13.1 Å². The third-order valence-corrected chi connectivity index (χ3v) is 2.61. The first-order valence-electron chi connectivity index (χ1n) is 5.03. The predicted octanol–water partition coefficient (Wildman–Crippen LogP) is 2.81. The van der Waals surface area contributed by atoms with Gasteiger partial charge in [-0.15, -0.1) is 0 Å². The molecule has 0 amide bonds. The summed E-state index contributed by atoms with van der Waals surface area (Å²) in [6, 6.07) is 9.44. The first-order valence-corrected chi connectivity index (χ1v) is 5.40. The van der Waals surface area contributed by atoms with Crippen LogP contribution in [0, 0.1) is 0 Å². The molecule has 0 fully saturated rings. The van der Waals surface area contributed by atoms with Gasteiger partial charge in [-0.25, -0.2) is 0 Å². The van der Waals surface area contributed by atoms with Crippen LogP contribution >= 0.6 is 11.6 Å². The third-order valence-electron chi connectivity index (χ3n) is 2.27. The quantitative estimate of drug-likeness (QED) is 0.803. The first-order chi connectivity index (χ1) is 7.75. The maximum absolute atomic E-state index is 5.84. The lowest BCUT2D eigenvalue weighted by Gasteiger charge is -2.05. The second kappa shape index (κ2) is 5.05. The Labute approximate surface area is 99.2 Å². The van der Waals surface area contributed by atoms with Crippen LogP contribution in [0.3, 0.4) is 0 Å². The van der Waals surface area contributed by atoms with Crippen LogP contribution in [0.2, 0.25) is 5.02 Å². The SMILES string of the molecule is Nc1cc(CNCc2ccco2)ccc1Cl. The third kappa shape index (κ3) is 2.78. The molecule has 0 unspecified atom stereocenters. The van der Waals surface area contributed by atoms with Crippen molar-refractivity contribution >= 4 is 17.3 Å². The van der Waals surface area contributed by atoms with E-state index in [1.54, 1.807) is 12.3 Å². The number of hydrogen-bond donors (Lipinski definition) is 2. The molecule has 1 heterocycles. The second-order valence-corrected chi connectivity index (χ2v) is 3.95. The molecule has 3 N–H and O–H groups in total. The molecule has 0 atom stereocenters. The summed E-state index contributed by atoms with van der Waals surface area (Å²) in [6.07, 6.45) is 1.66. The van der Waals surface area contributed by atoms with Gasteiger partial charge in [-0.05, 0) is 29.8 Å². The van der Waals surface area contributed by atoms with Crippen LogP contribution in [-0.2, 0) is 13.1 Å². The van der Waals surface area contributed by atoms with Crippen molar-refractivity contribution in [3.05, 3.63) is 52.9 Å². The minimum atomic E-state index is 0.592. The summed E-state index contributed by atoms with van der Waals surface area (Å²) in [5, 5.41) is 3.85. The molecule has 84 valence electrons. The lowest BCUT2D eigenvalue weighted by Crippen LogP contribution is -2.12. The number of rotatable bonds is 4. The van der Waals surface area contributed by atoms with Gasteiger partial charge in [0.1, 0.15) is 5.76 Å². The Bertz CT molecular complexity index is 454. The van der Waals surface area contributed by atoms with Gasteiger partial charge in [0.15, 0.2) is 0 Å². The number of hydrogen-bond acceptors (Lipinski definition) is 3. The summed E-state index contributed by atoms with van der Waals surface area (Å²) in [7, 11) is 0. The molecule has 0 radical (unpaired) electrons. The van der Waals surface area contributed by atoms with Crippen LogP contribution in [0.4, 0.5) is 5.69 Å². The maximum Gasteiger partial charge on any atom is 0.117 e. The lowest BCUT2D eigenvalue weighted by atomic mass is 10.2. The van der Waals surface area contributed by atoms with Crippen molar-refractivity contribution in [2.24, 2.45) is 0 Å². The Balaban J connectivity index is 1.87. The summed E-state index contributed by atoms with van der Waals surface area (Å²) >= 11 is 5.84. The molecular formula is C12H13ClN2O. The van der Waals surface area contributed by atoms with Crippen molar-refractivity contribution in [3.63, 3.8) is 0 Å². The lowest BCUT2D eigenvalue weighted by molar-refractivity contribution is 0.483. The molecule has 0 aliphatic heterocycles. The molecule has 3 nitrogen and oxygen atoms in total. The number of halogens is 1. The van der Waals surface area contributed by atoms with Crippen LogP contribution in [0.1, 0.15) is 11.3 Å². The molecule has 16 heavy (non-hydrogen) atoms. The van der Waals surface area contributed by atoms with Crippen molar-refractivity contribution in [1.29, 1.82) is 0 Å². The summed E-state index contributed by atoms with van der Waals surface area (Å²) < 4.78 is 5.21. The number of nitrogens with one attached hydrogen (secondary N) is 1. The van der Waals surface area contributed by atoms with Gasteiger partial charge < -0.3 is 15.5 Å². The highest BCUT2D eigenvalue weighted by Gasteiger charge is 1.99. The van der Waals surface area contributed by atoms with Gasteiger partial charge in [0.05, 0.1) is 23.5 Å². The molecule has 1 aromatic carbocycles. The minimum Gasteiger partial charge on any atom is -0.468 e. The number of furan rings is 1. The van der Waals surface area contributed by atoms with Crippen LogP contribution in [0.15, 0.2) is 41.0 Å². The van der Waals surface area contributed by atoms with E-state index < -0.39 is 0 Å². The highest BCUT2D eigenvalue weighted by atomic mass is 35.5. The summed E-state index contributed by atoms with van der Waals surface area (Å²) in [5.41, 5.74) is 7.42. The van der Waals surface area contributed by atoms with E-state index in [0.717, 1.165) is 17.9 Å². The smallest absolute Gasteiger partial charge is 0.117 e. The molecule has 0 spiro atoms. The van der Waals surface area contributed by atoms with E-state index in [4.69, 9.17) is 21.8 Å². The number of nitrogen functional groups attached to an aromatic ring is 1. The zero-order valence-corrected chi connectivity index (χ0v) is 9.50. The zero-order chi connectivity index (χ0) is 11.4. The van der Waals surface area contributed by atoms with E-state index in [0.29, 0.717) is 17.3 Å². The van der Waals surface area contributed by atoms with Crippen molar-refractivity contribution in [2.75, 3.05) is 5.73 Å². The topological polar surface area (TPSA) is 51.2 Å². The molecule has 0 aliphatic carbocycles. The molecular weight excluding hydrogens is 224 g/mol. The molecule has 0 aliphatic rings. The monoisotopic (exact) mass is 236 g/mol. The number of benzene rings is 1. The predicted molar refractivity (Wildman–Crippen MR) is 65.1 cm³/mol. The Hall–Kier alpha value is -1.45. The van der Waals surface area contributed by atoms with Crippen LogP contribution in [-0.4, -0.2) is 0 Å². The summed E-state index contributed by atoms with van der Waals surface area (Å²) in [6.45, 7) is 1.44. The Morgan fingerprint density at radius 1 is 1.25 bits per heavy atom.